The minimum Gasteiger partial charge on any atom is -0.463 e. The Morgan fingerprint density at radius 2 is 0.815 bits per heavy atom. The molecule has 1 heterocycles. The summed E-state index contributed by atoms with van der Waals surface area (Å²) in [7, 11) is 0. The number of hydrogen-bond donors (Lipinski definition) is 2. The topological polar surface area (TPSA) is 198 Å². The van der Waals surface area contributed by atoms with Gasteiger partial charge in [0.25, 0.3) is 0 Å². The van der Waals surface area contributed by atoms with Crippen molar-refractivity contribution in [1.29, 1.82) is 0 Å². The van der Waals surface area contributed by atoms with Gasteiger partial charge in [-0.2, -0.15) is 0 Å². The van der Waals surface area contributed by atoms with Gasteiger partial charge in [0.05, 0.1) is 44.7 Å². The van der Waals surface area contributed by atoms with Gasteiger partial charge in [-0.3, -0.25) is 28.8 Å². The van der Waals surface area contributed by atoms with Crippen molar-refractivity contribution in [2.24, 2.45) is 32.5 Å². The third-order valence-electron chi connectivity index (χ3n) is 10.2. The number of carbonyl (C=O) groups excluding carboxylic acids is 6. The molecule has 54 heavy (non-hydrogen) atoms. The molecule has 1 saturated heterocycles. The van der Waals surface area contributed by atoms with Crippen LogP contribution in [-0.4, -0.2) is 96.9 Å². The lowest BCUT2D eigenvalue weighted by Gasteiger charge is -2.40. The monoisotopic (exact) mass is 772 g/mol. The number of carbonyl (C=O) groups is 6. The fourth-order valence-electron chi connectivity index (χ4n) is 7.15. The summed E-state index contributed by atoms with van der Waals surface area (Å²) in [5.41, 5.74) is -8.01. The number of aliphatic hydroxyl groups excluding tert-OH is 2. The predicted molar refractivity (Wildman–Crippen MR) is 197 cm³/mol. The Labute approximate surface area is 321 Å². The summed E-state index contributed by atoms with van der Waals surface area (Å²) in [5, 5.41) is 21.5. The zero-order chi connectivity index (χ0) is 42.1. The smallest absolute Gasteiger partial charge is 0.312 e. The maximum Gasteiger partial charge on any atom is 0.312 e. The van der Waals surface area contributed by atoms with Crippen molar-refractivity contribution in [2.75, 3.05) is 26.4 Å². The van der Waals surface area contributed by atoms with Crippen LogP contribution >= 0.6 is 0 Å². The first-order valence-electron chi connectivity index (χ1n) is 19.0. The van der Waals surface area contributed by atoms with E-state index in [-0.39, 0.29) is 38.5 Å². The molecule has 4 unspecified atom stereocenters. The number of cyclic esters (lactones) is 4. The van der Waals surface area contributed by atoms with E-state index in [2.05, 4.69) is 0 Å². The van der Waals surface area contributed by atoms with Crippen LogP contribution in [0.15, 0.2) is 0 Å². The summed E-state index contributed by atoms with van der Waals surface area (Å²) in [6.45, 7) is 20.8. The van der Waals surface area contributed by atoms with E-state index in [0.29, 0.717) is 0 Å². The molecule has 0 aliphatic carbocycles. The van der Waals surface area contributed by atoms with Gasteiger partial charge in [-0.05, 0) is 122 Å². The molecule has 0 amide bonds. The van der Waals surface area contributed by atoms with Crippen LogP contribution in [0.1, 0.15) is 135 Å². The summed E-state index contributed by atoms with van der Waals surface area (Å²) < 4.78 is 33.1. The third kappa shape index (κ3) is 13.5. The molecule has 1 fully saturated rings. The molecule has 0 saturated carbocycles. The average Bonchev–Trinajstić information content (AvgIpc) is 3.05. The number of hydrogen-bond acceptors (Lipinski definition) is 14. The van der Waals surface area contributed by atoms with Gasteiger partial charge in [-0.25, -0.2) is 0 Å². The first kappa shape index (κ1) is 48.8. The Morgan fingerprint density at radius 3 is 1.06 bits per heavy atom. The second-order valence-corrected chi connectivity index (χ2v) is 18.0. The Bertz CT molecular complexity index is 1240. The van der Waals surface area contributed by atoms with Gasteiger partial charge in [0.1, 0.15) is 38.6 Å². The molecule has 14 nitrogen and oxygen atoms in total. The van der Waals surface area contributed by atoms with Crippen LogP contribution in [0.5, 0.6) is 0 Å². The zero-order valence-electron chi connectivity index (χ0n) is 35.2. The molecule has 2 N–H and O–H groups in total. The molecule has 0 aromatic carbocycles. The summed E-state index contributed by atoms with van der Waals surface area (Å²) in [6, 6.07) is 0. The van der Waals surface area contributed by atoms with Crippen molar-refractivity contribution >= 4 is 35.8 Å². The average molecular weight is 773 g/mol. The second kappa shape index (κ2) is 19.1. The van der Waals surface area contributed by atoms with Crippen LogP contribution in [0.25, 0.3) is 0 Å². The maximum atomic E-state index is 13.6. The molecular weight excluding hydrogens is 704 g/mol. The summed E-state index contributed by atoms with van der Waals surface area (Å²) >= 11 is 0. The highest BCUT2D eigenvalue weighted by Crippen LogP contribution is 2.47. The van der Waals surface area contributed by atoms with E-state index < -0.39 is 119 Å². The van der Waals surface area contributed by atoms with E-state index >= 15 is 0 Å². The Morgan fingerprint density at radius 1 is 0.556 bits per heavy atom. The molecular formula is C40H68O14. The van der Waals surface area contributed by atoms with Crippen LogP contribution in [-0.2, 0) is 57.2 Å². The normalized spacial score (nSPS) is 32.7. The van der Waals surface area contributed by atoms with Gasteiger partial charge >= 0.3 is 35.8 Å². The van der Waals surface area contributed by atoms with Gasteiger partial charge in [-0.15, -0.1) is 0 Å². The Kier molecular flexibility index (Phi) is 17.2. The first-order valence-corrected chi connectivity index (χ1v) is 19.0. The van der Waals surface area contributed by atoms with Crippen molar-refractivity contribution in [3.63, 3.8) is 0 Å². The van der Waals surface area contributed by atoms with Crippen LogP contribution in [0.4, 0.5) is 0 Å². The molecule has 1 rings (SSSR count). The maximum absolute atomic E-state index is 13.6. The van der Waals surface area contributed by atoms with Gasteiger partial charge in [-0.1, -0.05) is 13.8 Å². The lowest BCUT2D eigenvalue weighted by atomic mass is 9.65. The van der Waals surface area contributed by atoms with Crippen molar-refractivity contribution in [3.05, 3.63) is 0 Å². The van der Waals surface area contributed by atoms with Crippen molar-refractivity contribution in [2.45, 2.75) is 160 Å². The summed E-state index contributed by atoms with van der Waals surface area (Å²) in [6.07, 6.45) is -3.77. The fraction of sp³-hybridized carbons (Fsp3) is 0.850. The number of rotatable bonds is 6. The van der Waals surface area contributed by atoms with E-state index in [1.807, 2.05) is 0 Å². The molecule has 4 atom stereocenters. The first-order chi connectivity index (χ1) is 24.5. The number of aliphatic hydroxyl groups is 2. The molecule has 0 aromatic heterocycles. The standard InChI is InChI=1S/C40H68O14/c1-15-37(11)23-39(13,33(47)53-25(3)4)21-35(7,8)29(43)49-17-27(41)18-50-30(44)36(9,10)22-40(14,34(48)54-26(5)6)24-38(12,16-2)32(46)52-20-28(42)19-51-31(37)45/h25-28,41-42H,15-24H2,1-14H3. The molecule has 312 valence electrons. The molecule has 0 aromatic rings. The van der Waals surface area contributed by atoms with Crippen LogP contribution in [0.3, 0.4) is 0 Å². The fourth-order valence-corrected chi connectivity index (χ4v) is 7.15. The Hall–Kier alpha value is -3.26. The highest BCUT2D eigenvalue weighted by Gasteiger charge is 2.52. The molecule has 0 radical (unpaired) electrons. The minimum atomic E-state index is -1.41. The van der Waals surface area contributed by atoms with Crippen LogP contribution < -0.4 is 0 Å². The van der Waals surface area contributed by atoms with E-state index in [1.165, 1.54) is 0 Å². The summed E-state index contributed by atoms with van der Waals surface area (Å²) in [5.74, 6) is -4.20. The Balaban J connectivity index is 3.65. The van der Waals surface area contributed by atoms with Gasteiger partial charge in [0.15, 0.2) is 0 Å². The van der Waals surface area contributed by atoms with Gasteiger partial charge in [0, 0.05) is 0 Å². The van der Waals surface area contributed by atoms with Crippen LogP contribution in [0.2, 0.25) is 0 Å². The molecule has 1 aliphatic heterocycles. The predicted octanol–water partition coefficient (Wildman–Crippen LogP) is 5.26. The quantitative estimate of drug-likeness (QED) is 0.262. The third-order valence-corrected chi connectivity index (χ3v) is 10.2. The van der Waals surface area contributed by atoms with Crippen molar-refractivity contribution in [1.82, 2.24) is 0 Å². The SMILES string of the molecule is CCC1(C)CC(C)(C(=O)OC(C)C)CC(C)(C)C(=O)OCC(O)COC(=O)C(C)(C)CC(C)(C(=O)OC(C)C)CC(C)(CC)C(=O)OCC(O)COC1=O. The molecule has 1 aliphatic rings. The second-order valence-electron chi connectivity index (χ2n) is 18.0. The number of esters is 6. The molecule has 14 heteroatoms. The van der Waals surface area contributed by atoms with Gasteiger partial charge in [0.2, 0.25) is 0 Å². The van der Waals surface area contributed by atoms with Gasteiger partial charge < -0.3 is 38.6 Å². The van der Waals surface area contributed by atoms with Crippen molar-refractivity contribution < 1.29 is 67.4 Å². The largest absolute Gasteiger partial charge is 0.463 e. The van der Waals surface area contributed by atoms with Crippen LogP contribution in [0, 0.1) is 32.5 Å². The van der Waals surface area contributed by atoms with E-state index in [9.17, 15) is 39.0 Å². The van der Waals surface area contributed by atoms with E-state index in [0.717, 1.165) is 0 Å². The highest BCUT2D eigenvalue weighted by atomic mass is 16.6. The molecule has 0 bridgehead atoms. The van der Waals surface area contributed by atoms with E-state index in [4.69, 9.17) is 28.4 Å². The number of ether oxygens (including phenoxy) is 6. The van der Waals surface area contributed by atoms with E-state index in [1.54, 1.807) is 96.9 Å². The van der Waals surface area contributed by atoms with Crippen molar-refractivity contribution in [3.8, 4) is 0 Å². The lowest BCUT2D eigenvalue weighted by molar-refractivity contribution is -0.174. The summed E-state index contributed by atoms with van der Waals surface area (Å²) in [4.78, 5) is 81.4. The molecule has 0 spiro atoms. The highest BCUT2D eigenvalue weighted by molar-refractivity contribution is 5.84. The lowest BCUT2D eigenvalue weighted by Crippen LogP contribution is -2.46. The zero-order valence-corrected chi connectivity index (χ0v) is 35.2. The minimum absolute atomic E-state index is 0.0933.